The fraction of sp³-hybridized carbons (Fsp3) is 0.200. The molecule has 0 aliphatic heterocycles. The molecule has 4 aromatic rings. The van der Waals surface area contributed by atoms with Crippen molar-refractivity contribution in [2.45, 2.75) is 29.9 Å². The van der Waals surface area contributed by atoms with E-state index in [0.29, 0.717) is 34.7 Å². The number of rotatable bonds is 10. The Hall–Kier alpha value is -4.67. The summed E-state index contributed by atoms with van der Waals surface area (Å²) in [5, 5.41) is 16.9. The molecular weight excluding hydrogens is 609 g/mol. The van der Waals surface area contributed by atoms with Gasteiger partial charge in [0.2, 0.25) is 11.8 Å². The molecule has 1 aromatic heterocycles. The summed E-state index contributed by atoms with van der Waals surface area (Å²) < 4.78 is 5.09. The molecule has 0 fully saturated rings. The molecule has 0 spiro atoms. The van der Waals surface area contributed by atoms with Gasteiger partial charge in [-0.25, -0.2) is 4.79 Å². The number of benzene rings is 3. The number of methoxy groups -OCH3 is 1. The van der Waals surface area contributed by atoms with Crippen LogP contribution in [0.5, 0.6) is 0 Å². The number of ether oxygens (including phenoxy) is 1. The summed E-state index contributed by atoms with van der Waals surface area (Å²) in [6.07, 6.45) is 4.30. The molecule has 5 rings (SSSR count). The number of allylic oxidation sites excluding steroid dienone is 2. The van der Waals surface area contributed by atoms with Gasteiger partial charge in [0.25, 0.3) is 0 Å². The SMILES string of the molecule is COC(=O)c1c(-c2ccc(C)cc2)csc1NC(=O)C(Sc1cccc(NC(=O)C2CC=CCC2C(=O)O)c1)c1ccccc1. The number of hydrogen-bond donors (Lipinski definition) is 3. The predicted octanol–water partition coefficient (Wildman–Crippen LogP) is 7.59. The first kappa shape index (κ1) is 31.7. The Morgan fingerprint density at radius 1 is 0.911 bits per heavy atom. The van der Waals surface area contributed by atoms with Crippen molar-refractivity contribution in [3.63, 3.8) is 0 Å². The number of thioether (sulfide) groups is 1. The predicted molar refractivity (Wildman–Crippen MR) is 178 cm³/mol. The lowest BCUT2D eigenvalue weighted by atomic mass is 9.82. The lowest BCUT2D eigenvalue weighted by Crippen LogP contribution is -2.34. The number of carboxylic acids is 1. The summed E-state index contributed by atoms with van der Waals surface area (Å²) in [5.41, 5.74) is 4.15. The molecule has 0 saturated heterocycles. The number of aryl methyl sites for hydroxylation is 1. The minimum atomic E-state index is -0.993. The summed E-state index contributed by atoms with van der Waals surface area (Å²) in [6.45, 7) is 1.98. The number of anilines is 2. The van der Waals surface area contributed by atoms with Gasteiger partial charge >= 0.3 is 11.9 Å². The second-order valence-corrected chi connectivity index (χ2v) is 12.7. The molecular formula is C35H32N2O6S2. The largest absolute Gasteiger partial charge is 0.481 e. The van der Waals surface area contributed by atoms with E-state index >= 15 is 0 Å². The van der Waals surface area contributed by atoms with Crippen LogP contribution in [-0.4, -0.2) is 36.0 Å². The third kappa shape index (κ3) is 7.53. The fourth-order valence-electron chi connectivity index (χ4n) is 5.17. The summed E-state index contributed by atoms with van der Waals surface area (Å²) in [7, 11) is 1.31. The maximum absolute atomic E-state index is 13.9. The molecule has 3 aromatic carbocycles. The molecule has 2 amide bonds. The zero-order valence-electron chi connectivity index (χ0n) is 24.7. The van der Waals surface area contributed by atoms with Crippen LogP contribution in [0.2, 0.25) is 0 Å². The molecule has 1 aliphatic carbocycles. The van der Waals surface area contributed by atoms with E-state index in [2.05, 4.69) is 10.6 Å². The van der Waals surface area contributed by atoms with Gasteiger partial charge in [-0.05, 0) is 49.1 Å². The second kappa shape index (κ2) is 14.4. The minimum Gasteiger partial charge on any atom is -0.481 e. The highest BCUT2D eigenvalue weighted by Gasteiger charge is 2.34. The van der Waals surface area contributed by atoms with Crippen molar-refractivity contribution < 1.29 is 29.0 Å². The van der Waals surface area contributed by atoms with Gasteiger partial charge in [-0.15, -0.1) is 23.1 Å². The van der Waals surface area contributed by atoms with Crippen molar-refractivity contribution in [1.82, 2.24) is 0 Å². The first-order valence-electron chi connectivity index (χ1n) is 14.3. The van der Waals surface area contributed by atoms with E-state index in [4.69, 9.17) is 4.74 Å². The van der Waals surface area contributed by atoms with E-state index in [-0.39, 0.29) is 11.8 Å². The van der Waals surface area contributed by atoms with Crippen molar-refractivity contribution in [2.24, 2.45) is 11.8 Å². The van der Waals surface area contributed by atoms with Crippen LogP contribution in [0.4, 0.5) is 10.7 Å². The number of esters is 1. The molecule has 1 aliphatic rings. The number of hydrogen-bond acceptors (Lipinski definition) is 7. The van der Waals surface area contributed by atoms with Gasteiger partial charge in [0, 0.05) is 21.5 Å². The van der Waals surface area contributed by atoms with Crippen molar-refractivity contribution >= 4 is 57.5 Å². The van der Waals surface area contributed by atoms with E-state index in [0.717, 1.165) is 21.6 Å². The Morgan fingerprint density at radius 3 is 2.31 bits per heavy atom. The lowest BCUT2D eigenvalue weighted by Gasteiger charge is -2.24. The van der Waals surface area contributed by atoms with Crippen molar-refractivity contribution in [1.29, 1.82) is 0 Å². The fourth-order valence-corrected chi connectivity index (χ4v) is 7.22. The molecule has 3 atom stereocenters. The van der Waals surface area contributed by atoms with E-state index in [1.165, 1.54) is 30.2 Å². The molecule has 3 N–H and O–H groups in total. The summed E-state index contributed by atoms with van der Waals surface area (Å²) in [6, 6.07) is 24.2. The summed E-state index contributed by atoms with van der Waals surface area (Å²) in [5.74, 6) is -3.69. The standard InChI is InChI=1S/C35H32N2O6S2/c1-21-15-17-22(18-16-21)28-20-44-33(29(28)35(42)43-2)37-32(39)30(23-9-4-3-5-10-23)45-25-12-8-11-24(19-25)36-31(38)26-13-6-7-14-27(26)34(40)41/h3-12,15-20,26-27,30H,13-14H2,1-2H3,(H,36,38)(H,37,39)(H,40,41). The third-order valence-corrected chi connectivity index (χ3v) is 9.71. The van der Waals surface area contributed by atoms with Crippen LogP contribution in [0.25, 0.3) is 11.1 Å². The molecule has 0 radical (unpaired) electrons. The number of carbonyl (C=O) groups is 4. The molecule has 8 nitrogen and oxygen atoms in total. The van der Waals surface area contributed by atoms with Crippen LogP contribution >= 0.6 is 23.1 Å². The van der Waals surface area contributed by atoms with Gasteiger partial charge in [-0.1, -0.05) is 78.4 Å². The van der Waals surface area contributed by atoms with Crippen LogP contribution in [0.1, 0.15) is 39.6 Å². The van der Waals surface area contributed by atoms with Gasteiger partial charge in [0.05, 0.1) is 18.9 Å². The van der Waals surface area contributed by atoms with Gasteiger partial charge < -0.3 is 20.5 Å². The zero-order valence-corrected chi connectivity index (χ0v) is 26.3. The molecule has 230 valence electrons. The summed E-state index contributed by atoms with van der Waals surface area (Å²) >= 11 is 2.55. The highest BCUT2D eigenvalue weighted by molar-refractivity contribution is 8.00. The highest BCUT2D eigenvalue weighted by atomic mass is 32.2. The van der Waals surface area contributed by atoms with E-state index in [9.17, 15) is 24.3 Å². The van der Waals surface area contributed by atoms with Gasteiger partial charge in [0.15, 0.2) is 0 Å². The van der Waals surface area contributed by atoms with Crippen LogP contribution in [0.3, 0.4) is 0 Å². The van der Waals surface area contributed by atoms with Crippen LogP contribution < -0.4 is 10.6 Å². The zero-order chi connectivity index (χ0) is 31.9. The normalized spacial score (nSPS) is 16.4. The van der Waals surface area contributed by atoms with Gasteiger partial charge in [-0.2, -0.15) is 0 Å². The Labute approximate surface area is 269 Å². The van der Waals surface area contributed by atoms with E-state index in [1.54, 1.807) is 24.3 Å². The molecule has 0 bridgehead atoms. The topological polar surface area (TPSA) is 122 Å². The van der Waals surface area contributed by atoms with Gasteiger partial charge in [0.1, 0.15) is 15.8 Å². The minimum absolute atomic E-state index is 0.290. The van der Waals surface area contributed by atoms with E-state index < -0.39 is 29.0 Å². The van der Waals surface area contributed by atoms with Crippen LogP contribution in [0, 0.1) is 18.8 Å². The number of thiophene rings is 1. The third-order valence-electron chi connectivity index (χ3n) is 7.56. The average Bonchev–Trinajstić information content (AvgIpc) is 3.47. The molecule has 45 heavy (non-hydrogen) atoms. The van der Waals surface area contributed by atoms with Crippen LogP contribution in [-0.2, 0) is 19.1 Å². The quantitative estimate of drug-likeness (QED) is 0.0928. The smallest absolute Gasteiger partial charge is 0.341 e. The van der Waals surface area contributed by atoms with Gasteiger partial charge in [-0.3, -0.25) is 14.4 Å². The average molecular weight is 641 g/mol. The molecule has 3 unspecified atom stereocenters. The van der Waals surface area contributed by atoms with Crippen molar-refractivity contribution in [3.05, 3.63) is 113 Å². The Morgan fingerprint density at radius 2 is 1.62 bits per heavy atom. The maximum Gasteiger partial charge on any atom is 0.341 e. The number of aliphatic carboxylic acids is 1. The Balaban J connectivity index is 1.39. The van der Waals surface area contributed by atoms with Crippen LogP contribution in [0.15, 0.2) is 101 Å². The second-order valence-electron chi connectivity index (χ2n) is 10.6. The Kier molecular flexibility index (Phi) is 10.2. The number of nitrogens with one attached hydrogen (secondary N) is 2. The highest BCUT2D eigenvalue weighted by Crippen LogP contribution is 2.40. The monoisotopic (exact) mass is 640 g/mol. The molecule has 0 saturated carbocycles. The summed E-state index contributed by atoms with van der Waals surface area (Å²) in [4.78, 5) is 52.3. The Bertz CT molecular complexity index is 1730. The van der Waals surface area contributed by atoms with Crippen molar-refractivity contribution in [3.8, 4) is 11.1 Å². The first-order valence-corrected chi connectivity index (χ1v) is 16.1. The number of amides is 2. The molecule has 1 heterocycles. The lowest BCUT2D eigenvalue weighted by molar-refractivity contribution is -0.146. The number of carbonyl (C=O) groups excluding carboxylic acids is 3. The van der Waals surface area contributed by atoms with Crippen molar-refractivity contribution in [2.75, 3.05) is 17.7 Å². The first-order chi connectivity index (χ1) is 21.7. The maximum atomic E-state index is 13.9. The molecule has 10 heteroatoms. The van der Waals surface area contributed by atoms with E-state index in [1.807, 2.05) is 79.0 Å². The number of carboxylic acid groups (broad SMARTS) is 1.